The van der Waals surface area contributed by atoms with Gasteiger partial charge < -0.3 is 0 Å². The van der Waals surface area contributed by atoms with Crippen LogP contribution in [0.25, 0.3) is 0 Å². The molecule has 2 rings (SSSR count). The first-order chi connectivity index (χ1) is 6.83. The van der Waals surface area contributed by atoms with Gasteiger partial charge in [0.05, 0.1) is 0 Å². The van der Waals surface area contributed by atoms with Crippen molar-refractivity contribution in [2.75, 3.05) is 6.54 Å². The summed E-state index contributed by atoms with van der Waals surface area (Å²) < 4.78 is 5.10. The zero-order valence-corrected chi connectivity index (χ0v) is 11.3. The van der Waals surface area contributed by atoms with Gasteiger partial charge in [-0.15, -0.1) is 0 Å². The Morgan fingerprint density at radius 2 is 2.00 bits per heavy atom. The lowest BCUT2D eigenvalue weighted by molar-refractivity contribution is 0.0996. The lowest BCUT2D eigenvalue weighted by Gasteiger charge is -2.52. The molecule has 1 saturated heterocycles. The fourth-order valence-corrected chi connectivity index (χ4v) is 5.13. The average Bonchev–Trinajstić information content (AvgIpc) is 2.24. The van der Waals surface area contributed by atoms with E-state index in [9.17, 15) is 0 Å². The van der Waals surface area contributed by atoms with Crippen LogP contribution in [0, 0.1) is 0 Å². The van der Waals surface area contributed by atoms with Crippen LogP contribution >= 0.6 is 11.6 Å². The van der Waals surface area contributed by atoms with Crippen molar-refractivity contribution in [3.63, 3.8) is 0 Å². The summed E-state index contributed by atoms with van der Waals surface area (Å²) in [6.07, 6.45) is 8.33. The average molecular weight is 233 g/mol. The Kier molecular flexibility index (Phi) is 3.88. The lowest BCUT2D eigenvalue weighted by Crippen LogP contribution is -2.67. The van der Waals surface area contributed by atoms with Gasteiger partial charge in [-0.25, -0.2) is 0 Å². The molecule has 2 fully saturated rings. The van der Waals surface area contributed by atoms with E-state index < -0.39 is 0 Å². The van der Waals surface area contributed by atoms with Crippen LogP contribution in [0.1, 0.15) is 45.4 Å². The van der Waals surface area contributed by atoms with Crippen LogP contribution in [-0.4, -0.2) is 37.2 Å². The maximum Gasteiger partial charge on any atom is 0.177 e. The summed E-state index contributed by atoms with van der Waals surface area (Å²) in [5, 5.41) is 0. The third kappa shape index (κ3) is 2.16. The van der Waals surface area contributed by atoms with Gasteiger partial charge in [-0.3, -0.25) is 9.13 Å². The Morgan fingerprint density at radius 3 is 2.57 bits per heavy atom. The van der Waals surface area contributed by atoms with Gasteiger partial charge in [-0.05, 0) is 25.8 Å². The Hall–Kier alpha value is 0.427. The van der Waals surface area contributed by atoms with Crippen LogP contribution in [0.15, 0.2) is 0 Å². The highest BCUT2D eigenvalue weighted by Gasteiger charge is 2.39. The molecule has 0 aromatic heterocycles. The van der Waals surface area contributed by atoms with Gasteiger partial charge in [0.2, 0.25) is 0 Å². The molecule has 1 saturated carbocycles. The van der Waals surface area contributed by atoms with Crippen LogP contribution in [0.2, 0.25) is 0 Å². The number of nitrogens with zero attached hydrogens (tertiary/aromatic N) is 2. The van der Waals surface area contributed by atoms with E-state index in [1.165, 1.54) is 45.1 Å². The molecule has 1 aliphatic heterocycles. The monoisotopic (exact) mass is 232 g/mol. The molecule has 82 valence electrons. The van der Waals surface area contributed by atoms with E-state index in [0.717, 1.165) is 6.04 Å². The molecule has 0 aromatic carbocycles. The van der Waals surface area contributed by atoms with Crippen molar-refractivity contribution in [2.24, 2.45) is 0 Å². The van der Waals surface area contributed by atoms with E-state index in [2.05, 4.69) is 16.1 Å². The van der Waals surface area contributed by atoms with Gasteiger partial charge in [0.25, 0.3) is 0 Å². The van der Waals surface area contributed by atoms with Crippen molar-refractivity contribution in [2.45, 2.75) is 57.1 Å². The third-order valence-electron chi connectivity index (χ3n) is 3.47. The summed E-state index contributed by atoms with van der Waals surface area (Å²) in [5.41, 5.74) is 0.254. The van der Waals surface area contributed by atoms with Crippen LogP contribution in [0.3, 0.4) is 0 Å². The topological polar surface area (TPSA) is 6.48 Å². The zero-order chi connectivity index (χ0) is 9.97. The Labute approximate surface area is 94.6 Å². The highest BCUT2D eigenvalue weighted by molar-refractivity contribution is 6.39. The van der Waals surface area contributed by atoms with Crippen LogP contribution in [-0.2, 0) is 0 Å². The molecule has 0 aromatic rings. The Balaban J connectivity index is 1.77. The maximum absolute atomic E-state index is 6.38. The van der Waals surface area contributed by atoms with Gasteiger partial charge in [-0.1, -0.05) is 37.8 Å². The molecule has 0 radical (unpaired) electrons. The molecule has 1 atom stereocenters. The normalized spacial score (nSPS) is 33.4. The fourth-order valence-electron chi connectivity index (χ4n) is 2.62. The molecular formula is C10H21ClN2Si. The van der Waals surface area contributed by atoms with E-state index in [4.69, 9.17) is 11.6 Å². The van der Waals surface area contributed by atoms with E-state index in [1.807, 2.05) is 0 Å². The molecule has 1 unspecified atom stereocenters. The van der Waals surface area contributed by atoms with Crippen LogP contribution < -0.4 is 0 Å². The number of hydrogen-bond donors (Lipinski definition) is 0. The fraction of sp³-hybridized carbons (Fsp3) is 1.00. The number of alkyl halides is 1. The first kappa shape index (κ1) is 10.9. The smallest absolute Gasteiger partial charge is 0.177 e. The minimum atomic E-state index is -0.136. The summed E-state index contributed by atoms with van der Waals surface area (Å²) in [6, 6.07) is 0.839. The van der Waals surface area contributed by atoms with E-state index in [0.29, 0.717) is 0 Å². The SMILES string of the molecule is CCCN1[SiH2]N(C2CCCCC2)C1Cl. The summed E-state index contributed by atoms with van der Waals surface area (Å²) in [4.78, 5) is 0. The third-order valence-corrected chi connectivity index (χ3v) is 6.68. The standard InChI is InChI=1S/C10H21ClN2Si/c1-2-8-12-10(11)13(14-12)9-6-4-3-5-7-9/h9-10H,2-8,14H2,1H3. The van der Waals surface area contributed by atoms with Crippen molar-refractivity contribution in [3.05, 3.63) is 0 Å². The summed E-state index contributed by atoms with van der Waals surface area (Å²) in [5.74, 6) is 0. The molecule has 0 amide bonds. The van der Waals surface area contributed by atoms with E-state index in [-0.39, 0.29) is 15.5 Å². The minimum Gasteiger partial charge on any atom is -0.289 e. The predicted molar refractivity (Wildman–Crippen MR) is 63.9 cm³/mol. The molecule has 1 aliphatic carbocycles. The number of halogens is 1. The van der Waals surface area contributed by atoms with E-state index in [1.54, 1.807) is 0 Å². The molecule has 0 bridgehead atoms. The summed E-state index contributed by atoms with van der Waals surface area (Å²) in [6.45, 7) is 3.45. The highest BCUT2D eigenvalue weighted by atomic mass is 35.5. The molecule has 2 aliphatic rings. The second kappa shape index (κ2) is 4.97. The second-order valence-corrected chi connectivity index (χ2v) is 6.79. The molecule has 14 heavy (non-hydrogen) atoms. The zero-order valence-electron chi connectivity index (χ0n) is 9.08. The number of hydrogen-bond acceptors (Lipinski definition) is 2. The molecule has 4 heteroatoms. The van der Waals surface area contributed by atoms with Crippen LogP contribution in [0.4, 0.5) is 0 Å². The van der Waals surface area contributed by atoms with Crippen molar-refractivity contribution < 1.29 is 0 Å². The van der Waals surface area contributed by atoms with E-state index >= 15 is 0 Å². The number of rotatable bonds is 3. The quantitative estimate of drug-likeness (QED) is 0.417. The second-order valence-electron chi connectivity index (χ2n) is 4.57. The summed E-state index contributed by atoms with van der Waals surface area (Å²) >= 11 is 6.38. The molecule has 1 heterocycles. The van der Waals surface area contributed by atoms with Crippen LogP contribution in [0.5, 0.6) is 0 Å². The van der Waals surface area contributed by atoms with Crippen molar-refractivity contribution in [1.29, 1.82) is 0 Å². The predicted octanol–water partition coefficient (Wildman–Crippen LogP) is 1.87. The van der Waals surface area contributed by atoms with Gasteiger partial charge in [0.1, 0.15) is 5.62 Å². The van der Waals surface area contributed by atoms with Gasteiger partial charge >= 0.3 is 0 Å². The first-order valence-corrected chi connectivity index (χ1v) is 7.67. The highest BCUT2D eigenvalue weighted by Crippen LogP contribution is 2.30. The van der Waals surface area contributed by atoms with Crippen molar-refractivity contribution >= 4 is 21.4 Å². The Bertz CT molecular complexity index is 185. The first-order valence-electron chi connectivity index (χ1n) is 5.97. The van der Waals surface area contributed by atoms with Gasteiger partial charge in [0, 0.05) is 6.04 Å². The minimum absolute atomic E-state index is 0.136. The van der Waals surface area contributed by atoms with Crippen molar-refractivity contribution in [1.82, 2.24) is 9.13 Å². The molecule has 0 spiro atoms. The maximum atomic E-state index is 6.38. The summed E-state index contributed by atoms with van der Waals surface area (Å²) in [7, 11) is -0.136. The van der Waals surface area contributed by atoms with Crippen molar-refractivity contribution in [3.8, 4) is 0 Å². The molecule has 0 N–H and O–H groups in total. The largest absolute Gasteiger partial charge is 0.289 e. The lowest BCUT2D eigenvalue weighted by atomic mass is 9.96. The van der Waals surface area contributed by atoms with Gasteiger partial charge in [-0.2, -0.15) is 0 Å². The molecular weight excluding hydrogens is 212 g/mol. The van der Waals surface area contributed by atoms with Gasteiger partial charge in [0.15, 0.2) is 9.84 Å². The molecule has 2 nitrogen and oxygen atoms in total. The Morgan fingerprint density at radius 1 is 1.29 bits per heavy atom.